The van der Waals surface area contributed by atoms with Crippen molar-refractivity contribution in [3.63, 3.8) is 0 Å². The largest absolute Gasteiger partial charge is 0.494 e. The van der Waals surface area contributed by atoms with Crippen LogP contribution in [-0.4, -0.2) is 23.4 Å². The number of hydrogen-bond acceptors (Lipinski definition) is 4. The van der Waals surface area contributed by atoms with Gasteiger partial charge in [0.05, 0.1) is 18.2 Å². The quantitative estimate of drug-likeness (QED) is 0.671. The van der Waals surface area contributed by atoms with Crippen molar-refractivity contribution in [3.05, 3.63) is 53.9 Å². The molecule has 0 N–H and O–H groups in total. The molecular formula is C19H20N2O2. The number of pyridine rings is 2. The third-order valence-electron chi connectivity index (χ3n) is 3.43. The Labute approximate surface area is 136 Å². The van der Waals surface area contributed by atoms with E-state index in [1.54, 1.807) is 25.6 Å². The molecule has 23 heavy (non-hydrogen) atoms. The monoisotopic (exact) mass is 308 g/mol. The molecule has 4 heteroatoms. The van der Waals surface area contributed by atoms with Gasteiger partial charge >= 0.3 is 0 Å². The lowest BCUT2D eigenvalue weighted by Crippen LogP contribution is -1.99. The average molecular weight is 308 g/mol. The zero-order valence-corrected chi connectivity index (χ0v) is 13.8. The highest BCUT2D eigenvalue weighted by Gasteiger charge is 2.16. The Morgan fingerprint density at radius 1 is 1.09 bits per heavy atom. The molecule has 1 aromatic carbocycles. The highest BCUT2D eigenvalue weighted by molar-refractivity contribution is 6.01. The summed E-state index contributed by atoms with van der Waals surface area (Å²) in [6.07, 6.45) is 4.09. The number of nitrogens with zero attached hydrogens (tertiary/aromatic N) is 2. The van der Waals surface area contributed by atoms with Gasteiger partial charge in [-0.3, -0.25) is 9.78 Å². The summed E-state index contributed by atoms with van der Waals surface area (Å²) in [5, 5.41) is 0.695. The fourth-order valence-corrected chi connectivity index (χ4v) is 2.34. The second kappa shape index (κ2) is 7.49. The lowest BCUT2D eigenvalue weighted by molar-refractivity contribution is 0.112. The van der Waals surface area contributed by atoms with E-state index in [2.05, 4.69) is 9.97 Å². The highest BCUT2D eigenvalue weighted by Crippen LogP contribution is 2.34. The lowest BCUT2D eigenvalue weighted by Gasteiger charge is -2.12. The Morgan fingerprint density at radius 3 is 2.39 bits per heavy atom. The Morgan fingerprint density at radius 2 is 1.78 bits per heavy atom. The average Bonchev–Trinajstić information content (AvgIpc) is 2.62. The minimum Gasteiger partial charge on any atom is -0.494 e. The maximum absolute atomic E-state index is 11.5. The van der Waals surface area contributed by atoms with Crippen molar-refractivity contribution in [1.82, 2.24) is 9.97 Å². The van der Waals surface area contributed by atoms with E-state index in [1.165, 1.54) is 5.56 Å². The lowest BCUT2D eigenvalue weighted by atomic mass is 10.0. The second-order valence-electron chi connectivity index (χ2n) is 4.78. The second-order valence-corrected chi connectivity index (χ2v) is 4.78. The van der Waals surface area contributed by atoms with E-state index in [1.807, 2.05) is 45.0 Å². The Bertz CT molecular complexity index is 811. The molecule has 0 radical (unpaired) electrons. The van der Waals surface area contributed by atoms with Crippen LogP contribution in [0, 0.1) is 6.92 Å². The molecule has 0 amide bonds. The molecule has 4 nitrogen and oxygen atoms in total. The first kappa shape index (κ1) is 16.6. The maximum atomic E-state index is 11.5. The molecule has 0 bridgehead atoms. The molecule has 0 unspecified atom stereocenters. The minimum absolute atomic E-state index is 0.478. The molecule has 3 aromatic rings. The van der Waals surface area contributed by atoms with Crippen molar-refractivity contribution >= 4 is 17.2 Å². The standard InChI is InChI=1S/C17H14N2O2.C2H6/c1-11-3-5-12(6-4-11)16-17(21-2)14(10-20)13-9-18-8-7-15(13)19-16;1-2/h3-10H,1-2H3;1-2H3. The zero-order valence-electron chi connectivity index (χ0n) is 13.8. The number of carbonyl (C=O) groups is 1. The van der Waals surface area contributed by atoms with Crippen LogP contribution < -0.4 is 4.74 Å². The van der Waals surface area contributed by atoms with Gasteiger partial charge in [0, 0.05) is 23.3 Å². The van der Waals surface area contributed by atoms with Gasteiger partial charge in [-0.2, -0.15) is 0 Å². The topological polar surface area (TPSA) is 52.1 Å². The molecule has 3 rings (SSSR count). The van der Waals surface area contributed by atoms with E-state index in [0.29, 0.717) is 22.4 Å². The van der Waals surface area contributed by atoms with Crippen molar-refractivity contribution < 1.29 is 9.53 Å². The summed E-state index contributed by atoms with van der Waals surface area (Å²) in [5.74, 6) is 0.481. The summed E-state index contributed by atoms with van der Waals surface area (Å²) in [5.41, 5.74) is 3.95. The zero-order chi connectivity index (χ0) is 16.8. The molecular weight excluding hydrogens is 288 g/mol. The smallest absolute Gasteiger partial charge is 0.156 e. The van der Waals surface area contributed by atoms with Crippen molar-refractivity contribution in [3.8, 4) is 17.0 Å². The Hall–Kier alpha value is -2.75. The van der Waals surface area contributed by atoms with E-state index in [4.69, 9.17) is 4.74 Å². The van der Waals surface area contributed by atoms with E-state index in [0.717, 1.165) is 17.4 Å². The molecule has 0 aliphatic rings. The van der Waals surface area contributed by atoms with Crippen LogP contribution in [0.5, 0.6) is 5.75 Å². The predicted molar refractivity (Wildman–Crippen MR) is 93.0 cm³/mol. The van der Waals surface area contributed by atoms with Gasteiger partial charge < -0.3 is 4.74 Å². The molecule has 0 fully saturated rings. The van der Waals surface area contributed by atoms with Crippen LogP contribution in [-0.2, 0) is 0 Å². The van der Waals surface area contributed by atoms with E-state index < -0.39 is 0 Å². The predicted octanol–water partition coefficient (Wildman–Crippen LogP) is 4.45. The minimum atomic E-state index is 0.478. The molecule has 0 saturated carbocycles. The Kier molecular flexibility index (Phi) is 5.41. The van der Waals surface area contributed by atoms with Crippen LogP contribution in [0.1, 0.15) is 29.8 Å². The number of fused-ring (bicyclic) bond motifs is 1. The molecule has 0 aliphatic carbocycles. The SMILES string of the molecule is CC.COc1c(-c2ccc(C)cc2)nc2ccncc2c1C=O. The summed E-state index contributed by atoms with van der Waals surface area (Å²) in [4.78, 5) is 20.2. The molecule has 0 aliphatic heterocycles. The highest BCUT2D eigenvalue weighted by atomic mass is 16.5. The van der Waals surface area contributed by atoms with Crippen LogP contribution >= 0.6 is 0 Å². The fourth-order valence-electron chi connectivity index (χ4n) is 2.34. The summed E-state index contributed by atoms with van der Waals surface area (Å²) < 4.78 is 5.44. The molecule has 0 spiro atoms. The van der Waals surface area contributed by atoms with Gasteiger partial charge in [-0.25, -0.2) is 4.98 Å². The number of benzene rings is 1. The molecule has 0 saturated heterocycles. The maximum Gasteiger partial charge on any atom is 0.156 e. The van der Waals surface area contributed by atoms with Crippen molar-refractivity contribution in [2.45, 2.75) is 20.8 Å². The molecule has 118 valence electrons. The van der Waals surface area contributed by atoms with Gasteiger partial charge in [0.25, 0.3) is 0 Å². The number of aldehydes is 1. The normalized spacial score (nSPS) is 9.91. The van der Waals surface area contributed by atoms with Crippen LogP contribution in [0.3, 0.4) is 0 Å². The number of aryl methyl sites for hydroxylation is 1. The van der Waals surface area contributed by atoms with E-state index in [9.17, 15) is 4.79 Å². The first-order chi connectivity index (χ1) is 11.2. The summed E-state index contributed by atoms with van der Waals surface area (Å²) in [6.45, 7) is 6.03. The van der Waals surface area contributed by atoms with Crippen molar-refractivity contribution in [2.24, 2.45) is 0 Å². The third kappa shape index (κ3) is 3.21. The van der Waals surface area contributed by atoms with Crippen LogP contribution in [0.2, 0.25) is 0 Å². The van der Waals surface area contributed by atoms with Gasteiger partial charge in [0.1, 0.15) is 5.69 Å². The first-order valence-electron chi connectivity index (χ1n) is 7.58. The van der Waals surface area contributed by atoms with Crippen LogP contribution in [0.4, 0.5) is 0 Å². The number of hydrogen-bond donors (Lipinski definition) is 0. The summed E-state index contributed by atoms with van der Waals surface area (Å²) in [7, 11) is 1.55. The van der Waals surface area contributed by atoms with Crippen molar-refractivity contribution in [2.75, 3.05) is 7.11 Å². The number of aromatic nitrogens is 2. The van der Waals surface area contributed by atoms with Crippen LogP contribution in [0.25, 0.3) is 22.2 Å². The number of ether oxygens (including phenoxy) is 1. The van der Waals surface area contributed by atoms with Crippen molar-refractivity contribution in [1.29, 1.82) is 0 Å². The van der Waals surface area contributed by atoms with E-state index in [-0.39, 0.29) is 0 Å². The van der Waals surface area contributed by atoms with Gasteiger partial charge in [0.15, 0.2) is 12.0 Å². The fraction of sp³-hybridized carbons (Fsp3) is 0.211. The summed E-state index contributed by atoms with van der Waals surface area (Å²) >= 11 is 0. The van der Waals surface area contributed by atoms with E-state index >= 15 is 0 Å². The van der Waals surface area contributed by atoms with Gasteiger partial charge in [-0.05, 0) is 13.0 Å². The summed E-state index contributed by atoms with van der Waals surface area (Å²) in [6, 6.07) is 9.75. The molecule has 2 heterocycles. The number of carbonyl (C=O) groups excluding carboxylic acids is 1. The Balaban J connectivity index is 0.000000924. The molecule has 0 atom stereocenters. The number of methoxy groups -OCH3 is 1. The van der Waals surface area contributed by atoms with Gasteiger partial charge in [0.2, 0.25) is 0 Å². The van der Waals surface area contributed by atoms with Gasteiger partial charge in [-0.15, -0.1) is 0 Å². The molecule has 2 aromatic heterocycles. The third-order valence-corrected chi connectivity index (χ3v) is 3.43. The van der Waals surface area contributed by atoms with Gasteiger partial charge in [-0.1, -0.05) is 43.7 Å². The van der Waals surface area contributed by atoms with Crippen LogP contribution in [0.15, 0.2) is 42.7 Å². The first-order valence-corrected chi connectivity index (χ1v) is 7.58. The number of rotatable bonds is 3.